The molecule has 0 spiro atoms. The summed E-state index contributed by atoms with van der Waals surface area (Å²) in [6, 6.07) is 8.34. The molecule has 6 nitrogen and oxygen atoms in total. The minimum absolute atomic E-state index is 0.0285. The Morgan fingerprint density at radius 3 is 2.79 bits per heavy atom. The zero-order valence-corrected chi connectivity index (χ0v) is 16.5. The second kappa shape index (κ2) is 8.35. The van der Waals surface area contributed by atoms with Crippen LogP contribution in [0.1, 0.15) is 29.8 Å². The van der Waals surface area contributed by atoms with Crippen molar-refractivity contribution in [2.24, 2.45) is 0 Å². The average molecular weight is 402 g/mol. The normalized spacial score (nSPS) is 13.1. The van der Waals surface area contributed by atoms with Gasteiger partial charge in [-0.2, -0.15) is 0 Å². The van der Waals surface area contributed by atoms with Crippen molar-refractivity contribution in [1.29, 1.82) is 0 Å². The Morgan fingerprint density at radius 1 is 1.29 bits per heavy atom. The molecule has 1 aliphatic heterocycles. The first kappa shape index (κ1) is 19.8. The van der Waals surface area contributed by atoms with Crippen LogP contribution in [0.5, 0.6) is 17.2 Å². The molecule has 1 amide bonds. The molecule has 0 aromatic heterocycles. The number of hydrogen-bond acceptors (Lipinski definition) is 5. The van der Waals surface area contributed by atoms with E-state index in [1.807, 2.05) is 13.8 Å². The number of nitrogens with one attached hydrogen (secondary N) is 1. The number of carbonyl (C=O) groups is 2. The van der Waals surface area contributed by atoms with Crippen molar-refractivity contribution < 1.29 is 23.8 Å². The summed E-state index contributed by atoms with van der Waals surface area (Å²) in [5.41, 5.74) is 1.61. The van der Waals surface area contributed by atoms with Crippen LogP contribution >= 0.6 is 11.6 Å². The number of ketones is 1. The maximum Gasteiger partial charge on any atom is 0.262 e. The third-order valence-electron chi connectivity index (χ3n) is 3.93. The van der Waals surface area contributed by atoms with Crippen LogP contribution in [0.25, 0.3) is 6.08 Å². The molecule has 0 saturated carbocycles. The highest BCUT2D eigenvalue weighted by atomic mass is 35.5. The topological polar surface area (TPSA) is 73.9 Å². The van der Waals surface area contributed by atoms with E-state index in [4.69, 9.17) is 25.8 Å². The summed E-state index contributed by atoms with van der Waals surface area (Å²) in [7, 11) is 1.53. The number of anilines is 1. The monoisotopic (exact) mass is 401 g/mol. The van der Waals surface area contributed by atoms with E-state index in [0.717, 1.165) is 0 Å². The van der Waals surface area contributed by atoms with Crippen LogP contribution in [0.15, 0.2) is 36.4 Å². The number of rotatable bonds is 6. The van der Waals surface area contributed by atoms with Gasteiger partial charge in [0.15, 0.2) is 23.9 Å². The quantitative estimate of drug-likeness (QED) is 0.575. The van der Waals surface area contributed by atoms with E-state index in [1.165, 1.54) is 13.2 Å². The van der Waals surface area contributed by atoms with E-state index >= 15 is 0 Å². The molecule has 1 heterocycles. The highest BCUT2D eigenvalue weighted by Crippen LogP contribution is 2.37. The summed E-state index contributed by atoms with van der Waals surface area (Å²) >= 11 is 6.30. The first-order valence-corrected chi connectivity index (χ1v) is 9.08. The van der Waals surface area contributed by atoms with Crippen molar-refractivity contribution in [3.63, 3.8) is 0 Å². The lowest BCUT2D eigenvalue weighted by atomic mass is 10.1. The second-order valence-electron chi connectivity index (χ2n) is 6.45. The lowest BCUT2D eigenvalue weighted by Gasteiger charge is -2.18. The molecule has 0 unspecified atom stereocenters. The molecule has 2 aromatic rings. The van der Waals surface area contributed by atoms with Gasteiger partial charge in [0, 0.05) is 5.56 Å². The molecular weight excluding hydrogens is 382 g/mol. The molecular formula is C21H20ClNO5. The summed E-state index contributed by atoms with van der Waals surface area (Å²) in [6.07, 6.45) is 3.02. The van der Waals surface area contributed by atoms with Crippen molar-refractivity contribution in [2.45, 2.75) is 20.0 Å². The Labute approximate surface area is 168 Å². The van der Waals surface area contributed by atoms with Crippen molar-refractivity contribution in [1.82, 2.24) is 0 Å². The Kier molecular flexibility index (Phi) is 5.90. The first-order chi connectivity index (χ1) is 13.4. The Bertz CT molecular complexity index is 952. The maximum absolute atomic E-state index is 12.5. The number of halogens is 1. The predicted octanol–water partition coefficient (Wildman–Crippen LogP) is 4.36. The van der Waals surface area contributed by atoms with E-state index < -0.39 is 0 Å². The average Bonchev–Trinajstić information content (AvgIpc) is 2.66. The number of hydrogen-bond donors (Lipinski definition) is 1. The van der Waals surface area contributed by atoms with Crippen LogP contribution in [-0.4, -0.2) is 31.5 Å². The molecule has 2 aromatic carbocycles. The number of carbonyl (C=O) groups excluding carboxylic acids is 2. The van der Waals surface area contributed by atoms with Gasteiger partial charge in [-0.15, -0.1) is 0 Å². The van der Waals surface area contributed by atoms with Crippen LogP contribution in [0.3, 0.4) is 0 Å². The Hall–Kier alpha value is -2.99. The van der Waals surface area contributed by atoms with Gasteiger partial charge in [-0.3, -0.25) is 9.59 Å². The first-order valence-electron chi connectivity index (χ1n) is 8.70. The van der Waals surface area contributed by atoms with Gasteiger partial charge in [-0.1, -0.05) is 17.7 Å². The summed E-state index contributed by atoms with van der Waals surface area (Å²) < 4.78 is 16.3. The SMILES string of the molecule is COc1cc(C=CC(=O)c2ccc3c(c2)NC(=O)CO3)cc(Cl)c1OC(C)C. The molecule has 0 aliphatic carbocycles. The van der Waals surface area contributed by atoms with E-state index in [1.54, 1.807) is 36.4 Å². The summed E-state index contributed by atoms with van der Waals surface area (Å²) in [5, 5.41) is 3.08. The minimum atomic E-state index is -0.252. The number of amides is 1. The number of allylic oxidation sites excluding steroid dienone is 1. The lowest BCUT2D eigenvalue weighted by Crippen LogP contribution is -2.25. The van der Waals surface area contributed by atoms with Gasteiger partial charge in [0.2, 0.25) is 0 Å². The van der Waals surface area contributed by atoms with Crippen LogP contribution in [-0.2, 0) is 4.79 Å². The Balaban J connectivity index is 1.82. The fraction of sp³-hybridized carbons (Fsp3) is 0.238. The summed E-state index contributed by atoms with van der Waals surface area (Å²) in [6.45, 7) is 3.77. The second-order valence-corrected chi connectivity index (χ2v) is 6.85. The van der Waals surface area contributed by atoms with Crippen LogP contribution < -0.4 is 19.5 Å². The molecule has 1 N–H and O–H groups in total. The number of fused-ring (bicyclic) bond motifs is 1. The third-order valence-corrected chi connectivity index (χ3v) is 4.21. The molecule has 3 rings (SSSR count). The number of ether oxygens (including phenoxy) is 3. The molecule has 1 aliphatic rings. The predicted molar refractivity (Wildman–Crippen MR) is 108 cm³/mol. The van der Waals surface area contributed by atoms with E-state index in [2.05, 4.69) is 5.32 Å². The number of methoxy groups -OCH3 is 1. The van der Waals surface area contributed by atoms with Crippen molar-refractivity contribution in [3.05, 3.63) is 52.6 Å². The minimum Gasteiger partial charge on any atom is -0.493 e. The van der Waals surface area contributed by atoms with Crippen molar-refractivity contribution in [3.8, 4) is 17.2 Å². The van der Waals surface area contributed by atoms with Gasteiger partial charge in [-0.25, -0.2) is 0 Å². The van der Waals surface area contributed by atoms with Crippen molar-refractivity contribution >= 4 is 35.1 Å². The lowest BCUT2D eigenvalue weighted by molar-refractivity contribution is -0.118. The van der Waals surface area contributed by atoms with Gasteiger partial charge in [0.1, 0.15) is 5.75 Å². The molecule has 28 heavy (non-hydrogen) atoms. The fourth-order valence-corrected chi connectivity index (χ4v) is 2.95. The maximum atomic E-state index is 12.5. The van der Waals surface area contributed by atoms with Crippen LogP contribution in [0.4, 0.5) is 5.69 Å². The van der Waals surface area contributed by atoms with E-state index in [9.17, 15) is 9.59 Å². The third kappa shape index (κ3) is 4.46. The highest BCUT2D eigenvalue weighted by molar-refractivity contribution is 6.32. The van der Waals surface area contributed by atoms with E-state index in [0.29, 0.717) is 39.1 Å². The fourth-order valence-electron chi connectivity index (χ4n) is 2.69. The summed E-state index contributed by atoms with van der Waals surface area (Å²) in [4.78, 5) is 23.9. The largest absolute Gasteiger partial charge is 0.493 e. The van der Waals surface area contributed by atoms with Crippen LogP contribution in [0, 0.1) is 0 Å². The van der Waals surface area contributed by atoms with Crippen LogP contribution in [0.2, 0.25) is 5.02 Å². The smallest absolute Gasteiger partial charge is 0.262 e. The summed E-state index contributed by atoms with van der Waals surface area (Å²) in [5.74, 6) is 1.02. The van der Waals surface area contributed by atoms with Gasteiger partial charge >= 0.3 is 0 Å². The standard InChI is InChI=1S/C21H20ClNO5/c1-12(2)28-21-15(22)8-13(9-19(21)26-3)4-6-17(24)14-5-7-18-16(10-14)23-20(25)11-27-18/h4-10,12H,11H2,1-3H3,(H,23,25). The molecule has 0 bridgehead atoms. The molecule has 7 heteroatoms. The molecule has 0 fully saturated rings. The zero-order valence-electron chi connectivity index (χ0n) is 15.7. The van der Waals surface area contributed by atoms with Gasteiger partial charge in [-0.05, 0) is 55.8 Å². The van der Waals surface area contributed by atoms with Gasteiger partial charge in [0.25, 0.3) is 5.91 Å². The number of benzene rings is 2. The zero-order chi connectivity index (χ0) is 20.3. The molecule has 0 atom stereocenters. The van der Waals surface area contributed by atoms with Gasteiger partial charge in [0.05, 0.1) is 23.9 Å². The Morgan fingerprint density at radius 2 is 2.07 bits per heavy atom. The molecule has 0 radical (unpaired) electrons. The highest BCUT2D eigenvalue weighted by Gasteiger charge is 2.17. The van der Waals surface area contributed by atoms with E-state index in [-0.39, 0.29) is 24.4 Å². The molecule has 0 saturated heterocycles. The molecule has 146 valence electrons. The van der Waals surface area contributed by atoms with Gasteiger partial charge < -0.3 is 19.5 Å². The van der Waals surface area contributed by atoms with Crippen molar-refractivity contribution in [2.75, 3.05) is 19.0 Å².